The molecule has 0 amide bonds. The van der Waals surface area contributed by atoms with Crippen molar-refractivity contribution >= 4 is 0 Å². The van der Waals surface area contributed by atoms with Gasteiger partial charge in [-0.1, -0.05) is 39.0 Å². The van der Waals surface area contributed by atoms with Crippen molar-refractivity contribution in [2.24, 2.45) is 0 Å². The summed E-state index contributed by atoms with van der Waals surface area (Å²) < 4.78 is 0. The summed E-state index contributed by atoms with van der Waals surface area (Å²) in [6.07, 6.45) is 2.28. The van der Waals surface area contributed by atoms with Crippen molar-refractivity contribution in [1.82, 2.24) is 5.32 Å². The van der Waals surface area contributed by atoms with E-state index in [2.05, 4.69) is 44.3 Å². The van der Waals surface area contributed by atoms with Crippen molar-refractivity contribution in [1.29, 1.82) is 0 Å². The average molecular weight is 205 g/mol. The highest BCUT2D eigenvalue weighted by molar-refractivity contribution is 5.33. The van der Waals surface area contributed by atoms with E-state index in [0.717, 1.165) is 19.4 Å². The van der Waals surface area contributed by atoms with Crippen molar-refractivity contribution in [2.45, 2.75) is 39.5 Å². The molecule has 0 aliphatic rings. The first-order valence-corrected chi connectivity index (χ1v) is 5.95. The lowest BCUT2D eigenvalue weighted by Gasteiger charge is -2.12. The summed E-state index contributed by atoms with van der Waals surface area (Å²) in [6.45, 7) is 7.80. The number of hydrogen-bond acceptors (Lipinski definition) is 1. The fraction of sp³-hybridized carbons (Fsp3) is 0.571. The van der Waals surface area contributed by atoms with E-state index in [9.17, 15) is 0 Å². The highest BCUT2D eigenvalue weighted by Crippen LogP contribution is 2.19. The molecule has 0 aromatic heterocycles. The lowest BCUT2D eigenvalue weighted by Crippen LogP contribution is -2.11. The van der Waals surface area contributed by atoms with Gasteiger partial charge in [0.15, 0.2) is 0 Å². The summed E-state index contributed by atoms with van der Waals surface area (Å²) in [5.74, 6) is 0.629. The molecular weight excluding hydrogens is 182 g/mol. The first kappa shape index (κ1) is 12.3. The highest BCUT2D eigenvalue weighted by Gasteiger charge is 2.04. The standard InChI is InChI=1S/C14H23N/c1-5-12-6-7-13(11(2)3)10-14(12)8-9-15-4/h6-7,10-11,15H,5,8-9H2,1-4H3. The lowest BCUT2D eigenvalue weighted by molar-refractivity contribution is 0.780. The van der Waals surface area contributed by atoms with Crippen LogP contribution in [0.2, 0.25) is 0 Å². The smallest absolute Gasteiger partial charge is 0.00113 e. The van der Waals surface area contributed by atoms with Crippen LogP contribution >= 0.6 is 0 Å². The van der Waals surface area contributed by atoms with Crippen LogP contribution in [-0.4, -0.2) is 13.6 Å². The lowest BCUT2D eigenvalue weighted by atomic mass is 9.95. The predicted molar refractivity (Wildman–Crippen MR) is 67.5 cm³/mol. The van der Waals surface area contributed by atoms with Crippen molar-refractivity contribution in [3.63, 3.8) is 0 Å². The Kier molecular flexibility index (Phi) is 4.83. The normalized spacial score (nSPS) is 11.0. The Hall–Kier alpha value is -0.820. The van der Waals surface area contributed by atoms with Crippen LogP contribution in [-0.2, 0) is 12.8 Å². The number of hydrogen-bond donors (Lipinski definition) is 1. The third-order valence-electron chi connectivity index (χ3n) is 2.92. The van der Waals surface area contributed by atoms with E-state index in [4.69, 9.17) is 0 Å². The van der Waals surface area contributed by atoms with E-state index >= 15 is 0 Å². The molecule has 0 bridgehead atoms. The number of aryl methyl sites for hydroxylation is 1. The third-order valence-corrected chi connectivity index (χ3v) is 2.92. The molecule has 1 N–H and O–H groups in total. The minimum Gasteiger partial charge on any atom is -0.319 e. The molecule has 1 nitrogen and oxygen atoms in total. The van der Waals surface area contributed by atoms with Crippen LogP contribution in [0.5, 0.6) is 0 Å². The van der Waals surface area contributed by atoms with Gasteiger partial charge in [0.2, 0.25) is 0 Å². The topological polar surface area (TPSA) is 12.0 Å². The summed E-state index contributed by atoms with van der Waals surface area (Å²) in [6, 6.07) is 6.94. The van der Waals surface area contributed by atoms with Crippen LogP contribution in [0, 0.1) is 0 Å². The van der Waals surface area contributed by atoms with Gasteiger partial charge < -0.3 is 5.32 Å². The molecule has 0 saturated carbocycles. The second-order valence-electron chi connectivity index (χ2n) is 4.39. The van der Waals surface area contributed by atoms with Gasteiger partial charge in [-0.2, -0.15) is 0 Å². The fourth-order valence-corrected chi connectivity index (χ4v) is 1.84. The van der Waals surface area contributed by atoms with Gasteiger partial charge in [-0.15, -0.1) is 0 Å². The molecule has 0 heterocycles. The van der Waals surface area contributed by atoms with Crippen LogP contribution in [0.15, 0.2) is 18.2 Å². The van der Waals surface area contributed by atoms with Crippen LogP contribution in [0.25, 0.3) is 0 Å². The zero-order valence-electron chi connectivity index (χ0n) is 10.4. The summed E-state index contributed by atoms with van der Waals surface area (Å²) >= 11 is 0. The van der Waals surface area contributed by atoms with Crippen molar-refractivity contribution in [2.75, 3.05) is 13.6 Å². The Bertz CT molecular complexity index is 302. The van der Waals surface area contributed by atoms with E-state index < -0.39 is 0 Å². The SMILES string of the molecule is CCc1ccc(C(C)C)cc1CCNC. The largest absolute Gasteiger partial charge is 0.319 e. The monoisotopic (exact) mass is 205 g/mol. The fourth-order valence-electron chi connectivity index (χ4n) is 1.84. The van der Waals surface area contributed by atoms with Crippen molar-refractivity contribution in [3.05, 3.63) is 34.9 Å². The summed E-state index contributed by atoms with van der Waals surface area (Å²) in [5, 5.41) is 3.22. The van der Waals surface area contributed by atoms with Gasteiger partial charge in [-0.3, -0.25) is 0 Å². The van der Waals surface area contributed by atoms with Gasteiger partial charge in [0.25, 0.3) is 0 Å². The maximum Gasteiger partial charge on any atom is -0.00113 e. The Morgan fingerprint density at radius 3 is 2.47 bits per heavy atom. The quantitative estimate of drug-likeness (QED) is 0.778. The number of likely N-dealkylation sites (N-methyl/N-ethyl adjacent to an activating group) is 1. The Labute approximate surface area is 93.9 Å². The first-order chi connectivity index (χ1) is 7.19. The van der Waals surface area contributed by atoms with Crippen molar-refractivity contribution < 1.29 is 0 Å². The molecule has 0 aliphatic heterocycles. The number of nitrogens with one attached hydrogen (secondary N) is 1. The molecule has 0 spiro atoms. The minimum absolute atomic E-state index is 0.629. The summed E-state index contributed by atoms with van der Waals surface area (Å²) in [7, 11) is 2.01. The van der Waals surface area contributed by atoms with E-state index in [-0.39, 0.29) is 0 Å². The summed E-state index contributed by atoms with van der Waals surface area (Å²) in [4.78, 5) is 0. The van der Waals surface area contributed by atoms with Crippen LogP contribution < -0.4 is 5.32 Å². The maximum absolute atomic E-state index is 3.22. The van der Waals surface area contributed by atoms with Crippen LogP contribution in [0.1, 0.15) is 43.4 Å². The zero-order valence-corrected chi connectivity index (χ0v) is 10.4. The maximum atomic E-state index is 3.22. The van der Waals surface area contributed by atoms with Gasteiger partial charge in [0.05, 0.1) is 0 Å². The highest BCUT2D eigenvalue weighted by atomic mass is 14.8. The van der Waals surface area contributed by atoms with Gasteiger partial charge >= 0.3 is 0 Å². The van der Waals surface area contributed by atoms with Gasteiger partial charge in [0, 0.05) is 0 Å². The Balaban J connectivity index is 2.91. The third kappa shape index (κ3) is 3.35. The molecule has 1 rings (SSSR count). The van der Waals surface area contributed by atoms with E-state index in [1.807, 2.05) is 7.05 Å². The van der Waals surface area contributed by atoms with E-state index in [1.165, 1.54) is 16.7 Å². The average Bonchev–Trinajstić information content (AvgIpc) is 2.25. The Morgan fingerprint density at radius 1 is 1.20 bits per heavy atom. The second kappa shape index (κ2) is 5.92. The first-order valence-electron chi connectivity index (χ1n) is 5.95. The molecular formula is C14H23N. The molecule has 0 atom stereocenters. The van der Waals surface area contributed by atoms with Crippen molar-refractivity contribution in [3.8, 4) is 0 Å². The minimum atomic E-state index is 0.629. The second-order valence-corrected chi connectivity index (χ2v) is 4.39. The molecule has 0 unspecified atom stereocenters. The molecule has 1 aromatic carbocycles. The molecule has 0 saturated heterocycles. The molecule has 0 aliphatic carbocycles. The summed E-state index contributed by atoms with van der Waals surface area (Å²) in [5.41, 5.74) is 4.46. The molecule has 15 heavy (non-hydrogen) atoms. The van der Waals surface area contributed by atoms with Gasteiger partial charge in [0.1, 0.15) is 0 Å². The molecule has 84 valence electrons. The number of rotatable bonds is 5. The Morgan fingerprint density at radius 2 is 1.93 bits per heavy atom. The predicted octanol–water partition coefficient (Wildman–Crippen LogP) is 3.13. The van der Waals surface area contributed by atoms with E-state index in [1.54, 1.807) is 0 Å². The van der Waals surface area contributed by atoms with E-state index in [0.29, 0.717) is 5.92 Å². The van der Waals surface area contributed by atoms with Crippen LogP contribution in [0.4, 0.5) is 0 Å². The molecule has 0 radical (unpaired) electrons. The molecule has 1 aromatic rings. The zero-order chi connectivity index (χ0) is 11.3. The number of benzene rings is 1. The molecule has 1 heteroatoms. The van der Waals surface area contributed by atoms with Gasteiger partial charge in [-0.05, 0) is 49.0 Å². The van der Waals surface area contributed by atoms with Gasteiger partial charge in [-0.25, -0.2) is 0 Å². The molecule has 0 fully saturated rings. The van der Waals surface area contributed by atoms with Crippen LogP contribution in [0.3, 0.4) is 0 Å².